The summed E-state index contributed by atoms with van der Waals surface area (Å²) in [6, 6.07) is 4.98. The van der Waals surface area contributed by atoms with E-state index in [9.17, 15) is 18.0 Å². The molecule has 1 aliphatic heterocycles. The zero-order valence-electron chi connectivity index (χ0n) is 18.2. The number of carbonyl (C=O) groups excluding carboxylic acids is 2. The first-order chi connectivity index (χ1) is 14.2. The maximum Gasteiger partial charge on any atom is 0.243 e. The standard InChI is InChI=1S/C22H33N3O4S/c1-16-13-18-14-20(11-12-21(18)25(16)17(2)26)30(28,29)24(3)15-22(27)23-19-9-7-5-4-6-8-10-19/h11-12,14,16,19H,4-10,13,15H2,1-3H3,(H,23,27). The molecule has 3 rings (SSSR count). The number of amides is 2. The number of carbonyl (C=O) groups is 2. The highest BCUT2D eigenvalue weighted by molar-refractivity contribution is 7.89. The van der Waals surface area contributed by atoms with Crippen molar-refractivity contribution in [2.45, 2.75) is 82.2 Å². The minimum absolute atomic E-state index is 0.00253. The van der Waals surface area contributed by atoms with Crippen molar-refractivity contribution in [2.75, 3.05) is 18.5 Å². The van der Waals surface area contributed by atoms with Gasteiger partial charge in [0.1, 0.15) is 0 Å². The van der Waals surface area contributed by atoms with E-state index in [0.29, 0.717) is 6.42 Å². The lowest BCUT2D eigenvalue weighted by molar-refractivity contribution is -0.122. The van der Waals surface area contributed by atoms with Crippen LogP contribution in [0.2, 0.25) is 0 Å². The predicted molar refractivity (Wildman–Crippen MR) is 117 cm³/mol. The molecule has 1 heterocycles. The molecule has 1 aromatic carbocycles. The SMILES string of the molecule is CC(=O)N1c2ccc(S(=O)(=O)N(C)CC(=O)NC3CCCCCCC3)cc2CC1C. The molecular formula is C22H33N3O4S. The van der Waals surface area contributed by atoms with Gasteiger partial charge in [0.05, 0.1) is 11.4 Å². The van der Waals surface area contributed by atoms with Gasteiger partial charge in [-0.05, 0) is 49.9 Å². The van der Waals surface area contributed by atoms with Gasteiger partial charge in [0, 0.05) is 31.7 Å². The topological polar surface area (TPSA) is 86.8 Å². The molecule has 0 saturated heterocycles. The van der Waals surface area contributed by atoms with Gasteiger partial charge in [-0.15, -0.1) is 0 Å². The molecule has 1 aromatic rings. The summed E-state index contributed by atoms with van der Waals surface area (Å²) in [4.78, 5) is 26.2. The molecular weight excluding hydrogens is 402 g/mol. The van der Waals surface area contributed by atoms with Gasteiger partial charge >= 0.3 is 0 Å². The summed E-state index contributed by atoms with van der Waals surface area (Å²) in [5, 5.41) is 3.02. The Kier molecular flexibility index (Phi) is 7.18. The van der Waals surface area contributed by atoms with E-state index in [-0.39, 0.29) is 35.3 Å². The molecule has 166 valence electrons. The third-order valence-corrected chi connectivity index (χ3v) is 7.95. The van der Waals surface area contributed by atoms with Crippen LogP contribution in [-0.2, 0) is 26.0 Å². The molecule has 1 unspecified atom stereocenters. The van der Waals surface area contributed by atoms with Gasteiger partial charge < -0.3 is 10.2 Å². The number of fused-ring (bicyclic) bond motifs is 1. The van der Waals surface area contributed by atoms with Crippen LogP contribution in [0, 0.1) is 0 Å². The van der Waals surface area contributed by atoms with Crippen LogP contribution in [0.15, 0.2) is 23.1 Å². The molecule has 2 amide bonds. The fourth-order valence-electron chi connectivity index (χ4n) is 4.59. The molecule has 1 saturated carbocycles. The molecule has 7 nitrogen and oxygen atoms in total. The van der Waals surface area contributed by atoms with Crippen molar-refractivity contribution in [2.24, 2.45) is 0 Å². The highest BCUT2D eigenvalue weighted by atomic mass is 32.2. The third-order valence-electron chi connectivity index (χ3n) is 6.15. The molecule has 0 aromatic heterocycles. The first-order valence-electron chi connectivity index (χ1n) is 10.9. The van der Waals surface area contributed by atoms with Crippen LogP contribution < -0.4 is 10.2 Å². The van der Waals surface area contributed by atoms with E-state index < -0.39 is 10.0 Å². The van der Waals surface area contributed by atoms with E-state index in [2.05, 4.69) is 5.32 Å². The number of sulfonamides is 1. The Morgan fingerprint density at radius 2 is 1.77 bits per heavy atom. The molecule has 8 heteroatoms. The van der Waals surface area contributed by atoms with Crippen LogP contribution in [0.4, 0.5) is 5.69 Å². The van der Waals surface area contributed by atoms with Crippen LogP contribution in [0.3, 0.4) is 0 Å². The van der Waals surface area contributed by atoms with E-state index in [4.69, 9.17) is 0 Å². The van der Waals surface area contributed by atoms with Crippen molar-refractivity contribution in [3.63, 3.8) is 0 Å². The molecule has 0 spiro atoms. The number of benzene rings is 1. The van der Waals surface area contributed by atoms with Gasteiger partial charge in [0.25, 0.3) is 0 Å². The van der Waals surface area contributed by atoms with Crippen LogP contribution >= 0.6 is 0 Å². The molecule has 1 fully saturated rings. The molecule has 1 N–H and O–H groups in total. The Morgan fingerprint density at radius 3 is 2.40 bits per heavy atom. The minimum Gasteiger partial charge on any atom is -0.352 e. The van der Waals surface area contributed by atoms with Crippen molar-refractivity contribution in [1.82, 2.24) is 9.62 Å². The number of anilines is 1. The van der Waals surface area contributed by atoms with E-state index in [1.54, 1.807) is 17.0 Å². The molecule has 1 atom stereocenters. The maximum atomic E-state index is 13.0. The zero-order valence-corrected chi connectivity index (χ0v) is 19.0. The normalized spacial score (nSPS) is 20.5. The van der Waals surface area contributed by atoms with Gasteiger partial charge in [0.15, 0.2) is 0 Å². The molecule has 0 radical (unpaired) electrons. The van der Waals surface area contributed by atoms with Crippen LogP contribution in [0.5, 0.6) is 0 Å². The van der Waals surface area contributed by atoms with Crippen molar-refractivity contribution in [3.05, 3.63) is 23.8 Å². The Labute approximate surface area is 179 Å². The van der Waals surface area contributed by atoms with Crippen molar-refractivity contribution in [1.29, 1.82) is 0 Å². The smallest absolute Gasteiger partial charge is 0.243 e. The average molecular weight is 436 g/mol. The van der Waals surface area contributed by atoms with Gasteiger partial charge in [-0.3, -0.25) is 9.59 Å². The van der Waals surface area contributed by atoms with Gasteiger partial charge in [0.2, 0.25) is 21.8 Å². The van der Waals surface area contributed by atoms with Gasteiger partial charge in [-0.2, -0.15) is 4.31 Å². The number of hydrogen-bond acceptors (Lipinski definition) is 4. The number of hydrogen-bond donors (Lipinski definition) is 1. The quantitative estimate of drug-likeness (QED) is 0.770. The van der Waals surface area contributed by atoms with Crippen LogP contribution in [0.25, 0.3) is 0 Å². The summed E-state index contributed by atoms with van der Waals surface area (Å²) >= 11 is 0. The highest BCUT2D eigenvalue weighted by Crippen LogP contribution is 2.34. The second-order valence-electron chi connectivity index (χ2n) is 8.60. The lowest BCUT2D eigenvalue weighted by Gasteiger charge is -2.23. The lowest BCUT2D eigenvalue weighted by Crippen LogP contribution is -2.42. The average Bonchev–Trinajstić information content (AvgIpc) is 2.98. The molecule has 2 aliphatic rings. The van der Waals surface area contributed by atoms with Crippen LogP contribution in [-0.4, -0.2) is 50.2 Å². The summed E-state index contributed by atoms with van der Waals surface area (Å²) in [6.45, 7) is 3.26. The summed E-state index contributed by atoms with van der Waals surface area (Å²) in [5.41, 5.74) is 1.60. The summed E-state index contributed by atoms with van der Waals surface area (Å²) in [5.74, 6) is -0.316. The fourth-order valence-corrected chi connectivity index (χ4v) is 5.77. The zero-order chi connectivity index (χ0) is 21.9. The Balaban J connectivity index is 1.67. The second-order valence-corrected chi connectivity index (χ2v) is 10.6. The van der Waals surface area contributed by atoms with E-state index in [1.165, 1.54) is 39.3 Å². The monoisotopic (exact) mass is 435 g/mol. The summed E-state index contributed by atoms with van der Waals surface area (Å²) < 4.78 is 27.2. The molecule has 0 bridgehead atoms. The summed E-state index contributed by atoms with van der Waals surface area (Å²) in [7, 11) is -2.36. The number of likely N-dealkylation sites (N-methyl/N-ethyl adjacent to an activating group) is 1. The first kappa shape index (κ1) is 22.7. The van der Waals surface area contributed by atoms with Crippen molar-refractivity contribution >= 4 is 27.5 Å². The van der Waals surface area contributed by atoms with Crippen molar-refractivity contribution < 1.29 is 18.0 Å². The maximum absolute atomic E-state index is 13.0. The fraction of sp³-hybridized carbons (Fsp3) is 0.636. The first-order valence-corrected chi connectivity index (χ1v) is 12.3. The Morgan fingerprint density at radius 1 is 1.13 bits per heavy atom. The Hall–Kier alpha value is -1.93. The van der Waals surface area contributed by atoms with Crippen LogP contribution in [0.1, 0.15) is 64.4 Å². The van der Waals surface area contributed by atoms with Gasteiger partial charge in [-0.1, -0.05) is 32.1 Å². The largest absolute Gasteiger partial charge is 0.352 e. The molecule has 30 heavy (non-hydrogen) atoms. The lowest BCUT2D eigenvalue weighted by atomic mass is 9.97. The predicted octanol–water partition coefficient (Wildman–Crippen LogP) is 2.83. The van der Waals surface area contributed by atoms with E-state index >= 15 is 0 Å². The third kappa shape index (κ3) is 5.03. The van der Waals surface area contributed by atoms with Gasteiger partial charge in [-0.25, -0.2) is 8.42 Å². The number of nitrogens with zero attached hydrogens (tertiary/aromatic N) is 2. The Bertz CT molecular complexity index is 892. The van der Waals surface area contributed by atoms with Crippen molar-refractivity contribution in [3.8, 4) is 0 Å². The molecule has 1 aliphatic carbocycles. The highest BCUT2D eigenvalue weighted by Gasteiger charge is 2.31. The summed E-state index contributed by atoms with van der Waals surface area (Å²) in [6.07, 6.45) is 8.37. The minimum atomic E-state index is -3.80. The second kappa shape index (κ2) is 9.47. The number of rotatable bonds is 5. The van der Waals surface area contributed by atoms with E-state index in [0.717, 1.165) is 41.2 Å². The number of nitrogens with one attached hydrogen (secondary N) is 1. The van der Waals surface area contributed by atoms with E-state index in [1.807, 2.05) is 6.92 Å².